The summed E-state index contributed by atoms with van der Waals surface area (Å²) in [6.45, 7) is 0.168. The van der Waals surface area contributed by atoms with Gasteiger partial charge < -0.3 is 5.32 Å². The smallest absolute Gasteiger partial charge is 0.266 e. The molecule has 3 rings (SSSR count). The largest absolute Gasteiger partial charge is 0.324 e. The SMILES string of the molecule is O=S1(=O)NC(=NCc2ccc(F)cc2)Nc2ccc(F)cc21. The highest BCUT2D eigenvalue weighted by atomic mass is 32.2. The van der Waals surface area contributed by atoms with E-state index in [2.05, 4.69) is 15.0 Å². The Morgan fingerprint density at radius 3 is 2.41 bits per heavy atom. The summed E-state index contributed by atoms with van der Waals surface area (Å²) < 4.78 is 52.3. The van der Waals surface area contributed by atoms with Crippen LogP contribution in [0.4, 0.5) is 14.5 Å². The Morgan fingerprint density at radius 1 is 1.00 bits per heavy atom. The molecule has 5 nitrogen and oxygen atoms in total. The van der Waals surface area contributed by atoms with Crippen LogP contribution in [0.15, 0.2) is 52.4 Å². The number of anilines is 1. The highest BCUT2D eigenvalue weighted by molar-refractivity contribution is 7.90. The molecule has 8 heteroatoms. The van der Waals surface area contributed by atoms with Gasteiger partial charge in [0.1, 0.15) is 16.5 Å². The number of nitrogens with one attached hydrogen (secondary N) is 2. The zero-order chi connectivity index (χ0) is 15.7. The fourth-order valence-corrected chi connectivity index (χ4v) is 3.15. The van der Waals surface area contributed by atoms with E-state index in [1.54, 1.807) is 12.1 Å². The minimum atomic E-state index is -3.87. The summed E-state index contributed by atoms with van der Waals surface area (Å²) in [6.07, 6.45) is 0. The number of nitrogens with zero attached hydrogens (tertiary/aromatic N) is 1. The number of fused-ring (bicyclic) bond motifs is 1. The van der Waals surface area contributed by atoms with E-state index in [-0.39, 0.29) is 28.9 Å². The standard InChI is InChI=1S/C14H11F2N3O2S/c15-10-3-1-9(2-4-10)8-17-14-18-12-6-5-11(16)7-13(12)22(20,21)19-14/h1-7H,8H2,(H2,17,18,19). The highest BCUT2D eigenvalue weighted by Crippen LogP contribution is 2.25. The van der Waals surface area contributed by atoms with Crippen molar-refractivity contribution in [3.05, 3.63) is 59.7 Å². The molecule has 0 radical (unpaired) electrons. The lowest BCUT2D eigenvalue weighted by Crippen LogP contribution is -2.40. The molecule has 1 aliphatic rings. The van der Waals surface area contributed by atoms with Gasteiger partial charge in [-0.15, -0.1) is 0 Å². The first-order chi connectivity index (χ1) is 10.4. The van der Waals surface area contributed by atoms with Gasteiger partial charge in [-0.1, -0.05) is 12.1 Å². The molecule has 0 spiro atoms. The lowest BCUT2D eigenvalue weighted by atomic mass is 10.2. The van der Waals surface area contributed by atoms with Crippen molar-refractivity contribution in [2.45, 2.75) is 11.4 Å². The summed E-state index contributed by atoms with van der Waals surface area (Å²) in [4.78, 5) is 3.93. The van der Waals surface area contributed by atoms with Crippen LogP contribution in [-0.4, -0.2) is 14.4 Å². The van der Waals surface area contributed by atoms with Gasteiger partial charge in [0.2, 0.25) is 5.96 Å². The van der Waals surface area contributed by atoms with Gasteiger partial charge >= 0.3 is 0 Å². The van der Waals surface area contributed by atoms with E-state index in [0.29, 0.717) is 0 Å². The topological polar surface area (TPSA) is 70.6 Å². The fourth-order valence-electron chi connectivity index (χ4n) is 1.99. The zero-order valence-corrected chi connectivity index (χ0v) is 12.0. The molecule has 1 aliphatic heterocycles. The van der Waals surface area contributed by atoms with Crippen LogP contribution in [0.1, 0.15) is 5.56 Å². The Balaban J connectivity index is 1.87. The predicted molar refractivity (Wildman–Crippen MR) is 77.9 cm³/mol. The molecular formula is C14H11F2N3O2S. The Bertz CT molecular complexity index is 849. The monoisotopic (exact) mass is 323 g/mol. The summed E-state index contributed by atoms with van der Waals surface area (Å²) in [7, 11) is -3.87. The van der Waals surface area contributed by atoms with Gasteiger partial charge in [0, 0.05) is 0 Å². The molecule has 0 bridgehead atoms. The van der Waals surface area contributed by atoms with Crippen LogP contribution in [0.5, 0.6) is 0 Å². The van der Waals surface area contributed by atoms with Crippen molar-refractivity contribution in [2.24, 2.45) is 4.99 Å². The number of aliphatic imine (C=N–C) groups is 1. The van der Waals surface area contributed by atoms with Crippen LogP contribution >= 0.6 is 0 Å². The van der Waals surface area contributed by atoms with E-state index in [4.69, 9.17) is 0 Å². The normalized spacial score (nSPS) is 17.5. The van der Waals surface area contributed by atoms with Gasteiger partial charge in [-0.3, -0.25) is 0 Å². The lowest BCUT2D eigenvalue weighted by molar-refractivity contribution is 0.586. The first-order valence-electron chi connectivity index (χ1n) is 6.32. The number of guanidine groups is 1. The quantitative estimate of drug-likeness (QED) is 0.890. The van der Waals surface area contributed by atoms with Gasteiger partial charge in [0.05, 0.1) is 12.2 Å². The van der Waals surface area contributed by atoms with Gasteiger partial charge in [0.15, 0.2) is 0 Å². The molecule has 22 heavy (non-hydrogen) atoms. The fraction of sp³-hybridized carbons (Fsp3) is 0.0714. The van der Waals surface area contributed by atoms with Crippen molar-refractivity contribution in [1.29, 1.82) is 0 Å². The second-order valence-corrected chi connectivity index (χ2v) is 6.31. The molecule has 2 aromatic carbocycles. The van der Waals surface area contributed by atoms with Crippen molar-refractivity contribution in [1.82, 2.24) is 4.72 Å². The molecule has 2 aromatic rings. The molecule has 0 atom stereocenters. The molecule has 2 N–H and O–H groups in total. The predicted octanol–water partition coefficient (Wildman–Crippen LogP) is 2.22. The minimum absolute atomic E-state index is 0.0310. The number of sulfonamides is 1. The van der Waals surface area contributed by atoms with E-state index in [9.17, 15) is 17.2 Å². The maximum atomic E-state index is 13.2. The van der Waals surface area contributed by atoms with Crippen molar-refractivity contribution in [3.8, 4) is 0 Å². The number of halogens is 2. The summed E-state index contributed by atoms with van der Waals surface area (Å²) in [6, 6.07) is 9.13. The molecular weight excluding hydrogens is 312 g/mol. The second-order valence-electron chi connectivity index (χ2n) is 4.66. The van der Waals surface area contributed by atoms with E-state index in [1.165, 1.54) is 18.2 Å². The molecule has 0 saturated heterocycles. The van der Waals surface area contributed by atoms with E-state index >= 15 is 0 Å². The zero-order valence-electron chi connectivity index (χ0n) is 11.2. The molecule has 0 aromatic heterocycles. The third-order valence-electron chi connectivity index (χ3n) is 3.05. The molecule has 114 valence electrons. The average molecular weight is 323 g/mol. The van der Waals surface area contributed by atoms with Crippen molar-refractivity contribution >= 4 is 21.7 Å². The lowest BCUT2D eigenvalue weighted by Gasteiger charge is -2.21. The Kier molecular flexibility index (Phi) is 3.53. The van der Waals surface area contributed by atoms with Crippen molar-refractivity contribution in [3.63, 3.8) is 0 Å². The van der Waals surface area contributed by atoms with Crippen LogP contribution in [0, 0.1) is 11.6 Å². The van der Waals surface area contributed by atoms with Crippen LogP contribution in [0.2, 0.25) is 0 Å². The number of rotatable bonds is 2. The van der Waals surface area contributed by atoms with Gasteiger partial charge in [0.25, 0.3) is 10.0 Å². The number of benzene rings is 2. The Morgan fingerprint density at radius 2 is 1.68 bits per heavy atom. The van der Waals surface area contributed by atoms with Gasteiger partial charge in [-0.25, -0.2) is 26.9 Å². The minimum Gasteiger partial charge on any atom is -0.324 e. The molecule has 0 saturated carbocycles. The van der Waals surface area contributed by atoms with E-state index in [1.807, 2.05) is 0 Å². The maximum Gasteiger partial charge on any atom is 0.266 e. The molecule has 1 heterocycles. The maximum absolute atomic E-state index is 13.2. The Labute approximate surface area is 125 Å². The third kappa shape index (κ3) is 2.91. The highest BCUT2D eigenvalue weighted by Gasteiger charge is 2.26. The van der Waals surface area contributed by atoms with Crippen LogP contribution in [0.25, 0.3) is 0 Å². The summed E-state index contributed by atoms with van der Waals surface area (Å²) in [5.41, 5.74) is 0.970. The molecule has 0 unspecified atom stereocenters. The molecule has 0 amide bonds. The summed E-state index contributed by atoms with van der Waals surface area (Å²) in [5, 5.41) is 2.78. The summed E-state index contributed by atoms with van der Waals surface area (Å²) >= 11 is 0. The molecule has 0 aliphatic carbocycles. The summed E-state index contributed by atoms with van der Waals surface area (Å²) in [5.74, 6) is -0.968. The van der Waals surface area contributed by atoms with Crippen LogP contribution < -0.4 is 10.0 Å². The second kappa shape index (κ2) is 5.38. The molecule has 0 fully saturated rings. The van der Waals surface area contributed by atoms with Gasteiger partial charge in [-0.05, 0) is 35.9 Å². The number of hydrogen-bond acceptors (Lipinski definition) is 3. The average Bonchev–Trinajstić information content (AvgIpc) is 2.47. The Hall–Kier alpha value is -2.48. The van der Waals surface area contributed by atoms with Crippen molar-refractivity contribution in [2.75, 3.05) is 5.32 Å². The number of hydrogen-bond donors (Lipinski definition) is 2. The van der Waals surface area contributed by atoms with Crippen LogP contribution in [0.3, 0.4) is 0 Å². The first-order valence-corrected chi connectivity index (χ1v) is 7.81. The van der Waals surface area contributed by atoms with Crippen LogP contribution in [-0.2, 0) is 16.6 Å². The van der Waals surface area contributed by atoms with E-state index in [0.717, 1.165) is 17.7 Å². The van der Waals surface area contributed by atoms with Gasteiger partial charge in [-0.2, -0.15) is 0 Å². The third-order valence-corrected chi connectivity index (χ3v) is 4.43. The van der Waals surface area contributed by atoms with Crippen molar-refractivity contribution < 1.29 is 17.2 Å². The van der Waals surface area contributed by atoms with E-state index < -0.39 is 15.8 Å². The first kappa shape index (κ1) is 14.5.